The van der Waals surface area contributed by atoms with E-state index >= 15 is 0 Å². The molecule has 1 aromatic rings. The Morgan fingerprint density at radius 1 is 1.27 bits per heavy atom. The summed E-state index contributed by atoms with van der Waals surface area (Å²) in [5.41, 5.74) is -1.17. The number of Topliss-reactive ketones (excluding diaryl/α,β-unsaturated/α-hetero) is 3. The van der Waals surface area contributed by atoms with Gasteiger partial charge in [-0.15, -0.1) is 0 Å². The van der Waals surface area contributed by atoms with E-state index in [2.05, 4.69) is 0 Å². The van der Waals surface area contributed by atoms with Crippen LogP contribution >= 0.6 is 0 Å². The molecule has 5 heteroatoms. The summed E-state index contributed by atoms with van der Waals surface area (Å²) in [5.74, 6) is -4.43. The zero-order valence-corrected chi connectivity index (χ0v) is 12.8. The highest BCUT2D eigenvalue weighted by molar-refractivity contribution is 6.05. The molecule has 118 valence electrons. The third-order valence-electron chi connectivity index (χ3n) is 4.38. The van der Waals surface area contributed by atoms with Gasteiger partial charge in [0.25, 0.3) is 0 Å². The maximum absolute atomic E-state index is 13.6. The third kappa shape index (κ3) is 2.86. The Morgan fingerprint density at radius 2 is 1.91 bits per heavy atom. The van der Waals surface area contributed by atoms with E-state index in [4.69, 9.17) is 0 Å². The molecule has 1 saturated carbocycles. The maximum atomic E-state index is 13.6. The van der Waals surface area contributed by atoms with Crippen LogP contribution in [0.5, 0.6) is 0 Å². The largest absolute Gasteiger partial charge is 0.389 e. The molecule has 1 aliphatic rings. The molecule has 0 bridgehead atoms. The van der Waals surface area contributed by atoms with Crippen LogP contribution in [0.3, 0.4) is 0 Å². The average molecular weight is 306 g/mol. The molecule has 0 radical (unpaired) electrons. The second-order valence-electron chi connectivity index (χ2n) is 6.26. The fourth-order valence-electron chi connectivity index (χ4n) is 3.62. The summed E-state index contributed by atoms with van der Waals surface area (Å²) >= 11 is 0. The fourth-order valence-corrected chi connectivity index (χ4v) is 3.62. The summed E-state index contributed by atoms with van der Waals surface area (Å²) in [7, 11) is 0. The van der Waals surface area contributed by atoms with Crippen LogP contribution in [0.2, 0.25) is 0 Å². The van der Waals surface area contributed by atoms with Gasteiger partial charge in [-0.25, -0.2) is 4.39 Å². The van der Waals surface area contributed by atoms with Crippen LogP contribution in [-0.4, -0.2) is 28.1 Å². The summed E-state index contributed by atoms with van der Waals surface area (Å²) in [4.78, 5) is 36.3. The number of rotatable bonds is 3. The van der Waals surface area contributed by atoms with Crippen molar-refractivity contribution in [2.75, 3.05) is 0 Å². The lowest BCUT2D eigenvalue weighted by Crippen LogP contribution is -2.53. The van der Waals surface area contributed by atoms with Gasteiger partial charge in [-0.05, 0) is 38.5 Å². The SMILES string of the molecule is CC(=O)[C@@H]1C(=O)C[C@@](C)(O)[C@H](C(C)=O)[C@H]1c1cccc(F)c1. The normalized spacial score (nSPS) is 31.9. The molecular formula is C17H19FO4. The van der Waals surface area contributed by atoms with Gasteiger partial charge in [0.15, 0.2) is 0 Å². The van der Waals surface area contributed by atoms with Crippen LogP contribution in [-0.2, 0) is 14.4 Å². The van der Waals surface area contributed by atoms with Gasteiger partial charge in [0.1, 0.15) is 23.2 Å². The van der Waals surface area contributed by atoms with Crippen LogP contribution in [0.1, 0.15) is 38.7 Å². The first-order valence-electron chi connectivity index (χ1n) is 7.16. The van der Waals surface area contributed by atoms with Crippen molar-refractivity contribution in [3.05, 3.63) is 35.6 Å². The second kappa shape index (κ2) is 5.72. The van der Waals surface area contributed by atoms with Crippen molar-refractivity contribution in [1.29, 1.82) is 0 Å². The molecule has 1 aromatic carbocycles. The Hall–Kier alpha value is -1.88. The van der Waals surface area contributed by atoms with Gasteiger partial charge in [-0.2, -0.15) is 0 Å². The summed E-state index contributed by atoms with van der Waals surface area (Å²) in [6.45, 7) is 4.02. The molecule has 1 aliphatic carbocycles. The van der Waals surface area contributed by atoms with Gasteiger partial charge in [-0.1, -0.05) is 12.1 Å². The zero-order chi connectivity index (χ0) is 16.7. The van der Waals surface area contributed by atoms with Crippen molar-refractivity contribution < 1.29 is 23.9 Å². The second-order valence-corrected chi connectivity index (χ2v) is 6.26. The highest BCUT2D eigenvalue weighted by atomic mass is 19.1. The van der Waals surface area contributed by atoms with Gasteiger partial charge in [0.2, 0.25) is 0 Å². The van der Waals surface area contributed by atoms with Gasteiger partial charge in [-0.3, -0.25) is 14.4 Å². The van der Waals surface area contributed by atoms with Crippen molar-refractivity contribution in [2.24, 2.45) is 11.8 Å². The minimum absolute atomic E-state index is 0.257. The Labute approximate surface area is 128 Å². The monoisotopic (exact) mass is 306 g/mol. The molecule has 1 fully saturated rings. The Kier molecular flexibility index (Phi) is 4.29. The van der Waals surface area contributed by atoms with E-state index < -0.39 is 35.0 Å². The van der Waals surface area contributed by atoms with Crippen LogP contribution in [0, 0.1) is 17.7 Å². The smallest absolute Gasteiger partial charge is 0.146 e. The maximum Gasteiger partial charge on any atom is 0.146 e. The minimum Gasteiger partial charge on any atom is -0.389 e. The molecule has 2 rings (SSSR count). The molecule has 0 unspecified atom stereocenters. The lowest BCUT2D eigenvalue weighted by molar-refractivity contribution is -0.151. The van der Waals surface area contributed by atoms with E-state index in [-0.39, 0.29) is 18.0 Å². The standard InChI is InChI=1S/C17H19FO4/c1-9(19)14-13(21)8-17(3,22)16(10(2)20)15(14)11-5-4-6-12(18)7-11/h4-7,14-16,22H,8H2,1-3H3/t14-,15+,16-,17-/m1/s1. The molecule has 0 saturated heterocycles. The predicted octanol–water partition coefficient (Wildman–Crippen LogP) is 2.04. The summed E-state index contributed by atoms with van der Waals surface area (Å²) in [6.07, 6.45) is -0.257. The molecular weight excluding hydrogens is 287 g/mol. The predicted molar refractivity (Wildman–Crippen MR) is 77.7 cm³/mol. The summed E-state index contributed by atoms with van der Waals surface area (Å²) in [6, 6.07) is 5.50. The first kappa shape index (κ1) is 16.5. The Balaban J connectivity index is 2.64. The first-order chi connectivity index (χ1) is 10.1. The van der Waals surface area contributed by atoms with E-state index in [1.807, 2.05) is 0 Å². The first-order valence-corrected chi connectivity index (χ1v) is 7.16. The zero-order valence-electron chi connectivity index (χ0n) is 12.8. The summed E-state index contributed by atoms with van der Waals surface area (Å²) < 4.78 is 13.6. The van der Waals surface area contributed by atoms with E-state index in [9.17, 15) is 23.9 Å². The van der Waals surface area contributed by atoms with Crippen molar-refractivity contribution >= 4 is 17.3 Å². The molecule has 22 heavy (non-hydrogen) atoms. The Morgan fingerprint density at radius 3 is 2.41 bits per heavy atom. The number of carbonyl (C=O) groups excluding carboxylic acids is 3. The van der Waals surface area contributed by atoms with E-state index in [0.29, 0.717) is 5.56 Å². The molecule has 4 atom stereocenters. The molecule has 0 heterocycles. The van der Waals surface area contributed by atoms with Gasteiger partial charge in [0.05, 0.1) is 17.4 Å². The third-order valence-corrected chi connectivity index (χ3v) is 4.38. The minimum atomic E-state index is -1.55. The van der Waals surface area contributed by atoms with E-state index in [1.165, 1.54) is 39.0 Å². The van der Waals surface area contributed by atoms with Crippen LogP contribution < -0.4 is 0 Å². The highest BCUT2D eigenvalue weighted by Gasteiger charge is 2.53. The van der Waals surface area contributed by atoms with Gasteiger partial charge in [0, 0.05) is 12.3 Å². The van der Waals surface area contributed by atoms with Crippen LogP contribution in [0.4, 0.5) is 4.39 Å². The number of hydrogen-bond donors (Lipinski definition) is 1. The van der Waals surface area contributed by atoms with Crippen LogP contribution in [0.25, 0.3) is 0 Å². The number of carbonyl (C=O) groups is 3. The van der Waals surface area contributed by atoms with Crippen molar-refractivity contribution in [3.63, 3.8) is 0 Å². The van der Waals surface area contributed by atoms with E-state index in [0.717, 1.165) is 0 Å². The fraction of sp³-hybridized carbons (Fsp3) is 0.471. The number of hydrogen-bond acceptors (Lipinski definition) is 4. The van der Waals surface area contributed by atoms with Crippen molar-refractivity contribution in [2.45, 2.75) is 38.7 Å². The Bertz CT molecular complexity index is 635. The summed E-state index contributed by atoms with van der Waals surface area (Å²) in [5, 5.41) is 10.5. The van der Waals surface area contributed by atoms with Crippen molar-refractivity contribution in [1.82, 2.24) is 0 Å². The lowest BCUT2D eigenvalue weighted by Gasteiger charge is -2.44. The number of halogens is 1. The molecule has 0 aliphatic heterocycles. The van der Waals surface area contributed by atoms with Crippen LogP contribution in [0.15, 0.2) is 24.3 Å². The number of ketones is 3. The quantitative estimate of drug-likeness (QED) is 0.868. The molecule has 0 aromatic heterocycles. The van der Waals surface area contributed by atoms with E-state index in [1.54, 1.807) is 6.07 Å². The van der Waals surface area contributed by atoms with Gasteiger partial charge >= 0.3 is 0 Å². The topological polar surface area (TPSA) is 71.4 Å². The molecule has 0 spiro atoms. The van der Waals surface area contributed by atoms with Gasteiger partial charge < -0.3 is 5.11 Å². The number of aliphatic hydroxyl groups is 1. The lowest BCUT2D eigenvalue weighted by atomic mass is 9.60. The molecule has 0 amide bonds. The van der Waals surface area contributed by atoms with Crippen molar-refractivity contribution in [3.8, 4) is 0 Å². The average Bonchev–Trinajstić information content (AvgIpc) is 2.35. The molecule has 4 nitrogen and oxygen atoms in total. The molecule has 1 N–H and O–H groups in total. The number of benzene rings is 1. The highest BCUT2D eigenvalue weighted by Crippen LogP contribution is 2.46.